The van der Waals surface area contributed by atoms with Crippen molar-refractivity contribution in [3.05, 3.63) is 63.5 Å². The van der Waals surface area contributed by atoms with Gasteiger partial charge in [0.05, 0.1) is 22.8 Å². The molecule has 1 saturated heterocycles. The quantitative estimate of drug-likeness (QED) is 0.335. The van der Waals surface area contributed by atoms with Crippen LogP contribution in [-0.2, 0) is 4.74 Å². The van der Waals surface area contributed by atoms with Crippen molar-refractivity contribution in [3.8, 4) is 5.75 Å². The van der Waals surface area contributed by atoms with Crippen LogP contribution in [0.3, 0.4) is 0 Å². The fraction of sp³-hybridized carbons (Fsp3) is 0.458. The summed E-state index contributed by atoms with van der Waals surface area (Å²) in [5.74, 6) is -0.269. The Morgan fingerprint density at radius 2 is 1.91 bits per heavy atom. The minimum Gasteiger partial charge on any atom is -0.403 e. The van der Waals surface area contributed by atoms with Crippen molar-refractivity contribution in [2.75, 3.05) is 32.8 Å². The molecule has 0 radical (unpaired) electrons. The van der Waals surface area contributed by atoms with Gasteiger partial charge in [-0.3, -0.25) is 19.9 Å². The molecule has 34 heavy (non-hydrogen) atoms. The minimum absolute atomic E-state index is 0.00658. The van der Waals surface area contributed by atoms with E-state index in [-0.39, 0.29) is 23.3 Å². The van der Waals surface area contributed by atoms with Crippen molar-refractivity contribution in [2.24, 2.45) is 0 Å². The first-order valence-corrected chi connectivity index (χ1v) is 11.4. The molecule has 1 aromatic heterocycles. The van der Waals surface area contributed by atoms with Gasteiger partial charge in [0, 0.05) is 43.9 Å². The predicted molar refractivity (Wildman–Crippen MR) is 125 cm³/mol. The molecule has 182 valence electrons. The molecule has 1 aliphatic rings. The van der Waals surface area contributed by atoms with Gasteiger partial charge in [0.15, 0.2) is 0 Å². The molecule has 10 nitrogen and oxygen atoms in total. The van der Waals surface area contributed by atoms with Gasteiger partial charge in [-0.15, -0.1) is 0 Å². The van der Waals surface area contributed by atoms with E-state index in [1.165, 1.54) is 23.1 Å². The lowest BCUT2D eigenvalue weighted by Gasteiger charge is -2.31. The van der Waals surface area contributed by atoms with Crippen LogP contribution in [0.4, 0.5) is 10.5 Å². The number of carbonyl (C=O) groups excluding carboxylic acids is 2. The Kier molecular flexibility index (Phi) is 8.92. The van der Waals surface area contributed by atoms with Gasteiger partial charge in [-0.25, -0.2) is 4.79 Å². The Hall–Kier alpha value is -3.53. The van der Waals surface area contributed by atoms with E-state index in [2.05, 4.69) is 10.3 Å². The number of benzene rings is 1. The number of aromatic nitrogens is 1. The van der Waals surface area contributed by atoms with Crippen LogP contribution < -0.4 is 10.1 Å². The number of piperidine rings is 1. The smallest absolute Gasteiger partial charge is 0.403 e. The lowest BCUT2D eigenvalue weighted by molar-refractivity contribution is -0.385. The second-order valence-corrected chi connectivity index (χ2v) is 8.11. The summed E-state index contributed by atoms with van der Waals surface area (Å²) in [6, 6.07) is 9.38. The summed E-state index contributed by atoms with van der Waals surface area (Å²) in [5.41, 5.74) is 1.81. The number of pyridine rings is 1. The number of para-hydroxylation sites is 2. The molecule has 0 bridgehead atoms. The number of likely N-dealkylation sites (tertiary alicyclic amines) is 1. The topological polar surface area (TPSA) is 124 Å². The van der Waals surface area contributed by atoms with Crippen molar-refractivity contribution >= 4 is 17.7 Å². The molecule has 1 aliphatic heterocycles. The molecule has 2 heterocycles. The number of carbonyl (C=O) groups is 2. The van der Waals surface area contributed by atoms with E-state index in [9.17, 15) is 19.7 Å². The van der Waals surface area contributed by atoms with E-state index in [1.54, 1.807) is 12.1 Å². The molecule has 2 aromatic rings. The number of nitrogens with zero attached hydrogens (tertiary/aromatic N) is 3. The molecule has 0 unspecified atom stereocenters. The third kappa shape index (κ3) is 6.50. The molecule has 1 fully saturated rings. The Balaban J connectivity index is 1.61. The average Bonchev–Trinajstić information content (AvgIpc) is 2.84. The maximum atomic E-state index is 12.8. The summed E-state index contributed by atoms with van der Waals surface area (Å²) in [7, 11) is 0. The molecule has 0 saturated carbocycles. The molecule has 0 atom stereocenters. The monoisotopic (exact) mass is 470 g/mol. The highest BCUT2D eigenvalue weighted by Gasteiger charge is 2.29. The van der Waals surface area contributed by atoms with Crippen molar-refractivity contribution in [1.82, 2.24) is 15.2 Å². The van der Waals surface area contributed by atoms with Gasteiger partial charge in [0.25, 0.3) is 5.91 Å². The van der Waals surface area contributed by atoms with Gasteiger partial charge in [-0.1, -0.05) is 19.1 Å². The number of ether oxygens (including phenoxy) is 2. The lowest BCUT2D eigenvalue weighted by Crippen LogP contribution is -2.40. The van der Waals surface area contributed by atoms with Crippen molar-refractivity contribution < 1.29 is 24.0 Å². The van der Waals surface area contributed by atoms with Crippen LogP contribution in [0.25, 0.3) is 0 Å². The number of hydrogen-bond acceptors (Lipinski definition) is 7. The number of rotatable bonds is 9. The second kappa shape index (κ2) is 12.1. The Morgan fingerprint density at radius 1 is 1.18 bits per heavy atom. The van der Waals surface area contributed by atoms with Crippen molar-refractivity contribution in [2.45, 2.75) is 39.0 Å². The largest absolute Gasteiger partial charge is 0.415 e. The molecule has 1 aromatic carbocycles. The fourth-order valence-electron chi connectivity index (χ4n) is 3.85. The summed E-state index contributed by atoms with van der Waals surface area (Å²) in [5, 5.41) is 14.0. The standard InChI is InChI=1S/C24H30N4O6/c1-3-15-33-16-12-25-23(29)19-9-8-17(2)26-22(19)18-10-13-27(14-11-18)24(30)34-21-7-5-4-6-20(21)28(31)32/h4-9,18H,3,10-16H2,1-2H3,(H,25,29). The molecule has 10 heteroatoms. The molecule has 0 aliphatic carbocycles. The summed E-state index contributed by atoms with van der Waals surface area (Å²) >= 11 is 0. The Morgan fingerprint density at radius 3 is 2.62 bits per heavy atom. The van der Waals surface area contributed by atoms with E-state index >= 15 is 0 Å². The number of hydrogen-bond donors (Lipinski definition) is 1. The first-order chi connectivity index (χ1) is 16.4. The van der Waals surface area contributed by atoms with Crippen LogP contribution in [0, 0.1) is 17.0 Å². The molecule has 0 spiro atoms. The molecule has 1 N–H and O–H groups in total. The third-order valence-corrected chi connectivity index (χ3v) is 5.59. The van der Waals surface area contributed by atoms with Crippen molar-refractivity contribution in [1.29, 1.82) is 0 Å². The predicted octanol–water partition coefficient (Wildman–Crippen LogP) is 3.83. The molecule has 2 amide bonds. The normalized spacial score (nSPS) is 14.0. The van der Waals surface area contributed by atoms with Gasteiger partial charge < -0.3 is 19.7 Å². The lowest BCUT2D eigenvalue weighted by atomic mass is 9.90. The zero-order valence-corrected chi connectivity index (χ0v) is 19.5. The minimum atomic E-state index is -0.630. The first-order valence-electron chi connectivity index (χ1n) is 11.4. The van der Waals surface area contributed by atoms with Crippen LogP contribution in [0.1, 0.15) is 53.8 Å². The van der Waals surface area contributed by atoms with Crippen LogP contribution in [0.2, 0.25) is 0 Å². The molecular weight excluding hydrogens is 440 g/mol. The third-order valence-electron chi connectivity index (χ3n) is 5.59. The number of amides is 2. The van der Waals surface area contributed by atoms with Gasteiger partial charge in [-0.05, 0) is 44.4 Å². The van der Waals surface area contributed by atoms with Crippen molar-refractivity contribution in [3.63, 3.8) is 0 Å². The van der Waals surface area contributed by atoms with E-state index in [0.29, 0.717) is 51.3 Å². The Labute approximate surface area is 198 Å². The number of nitro benzene ring substituents is 1. The van der Waals surface area contributed by atoms with E-state index in [0.717, 1.165) is 17.8 Å². The molecule has 3 rings (SSSR count). The Bertz CT molecular complexity index is 1020. The van der Waals surface area contributed by atoms with E-state index < -0.39 is 11.0 Å². The summed E-state index contributed by atoms with van der Waals surface area (Å²) in [6.07, 6.45) is 1.49. The average molecular weight is 471 g/mol. The SMILES string of the molecule is CCCOCCNC(=O)c1ccc(C)nc1C1CCN(C(=O)Oc2ccccc2[N+](=O)[O-])CC1. The summed E-state index contributed by atoms with van der Waals surface area (Å²) in [6.45, 7) is 6.22. The maximum absolute atomic E-state index is 12.8. The molecular formula is C24H30N4O6. The highest BCUT2D eigenvalue weighted by Crippen LogP contribution is 2.31. The number of aryl methyl sites for hydroxylation is 1. The highest BCUT2D eigenvalue weighted by atomic mass is 16.6. The van der Waals surface area contributed by atoms with E-state index in [4.69, 9.17) is 9.47 Å². The summed E-state index contributed by atoms with van der Waals surface area (Å²) in [4.78, 5) is 42.1. The highest BCUT2D eigenvalue weighted by molar-refractivity contribution is 5.95. The van der Waals surface area contributed by atoms with E-state index in [1.807, 2.05) is 19.9 Å². The maximum Gasteiger partial charge on any atom is 0.415 e. The zero-order valence-electron chi connectivity index (χ0n) is 19.5. The summed E-state index contributed by atoms with van der Waals surface area (Å²) < 4.78 is 10.7. The number of nitrogens with one attached hydrogen (secondary N) is 1. The second-order valence-electron chi connectivity index (χ2n) is 8.11. The fourth-order valence-corrected chi connectivity index (χ4v) is 3.85. The van der Waals surface area contributed by atoms with Crippen LogP contribution in [0.5, 0.6) is 5.75 Å². The van der Waals surface area contributed by atoms with Gasteiger partial charge in [0.1, 0.15) is 0 Å². The first kappa shape index (κ1) is 25.1. The number of nitro groups is 1. The van der Waals surface area contributed by atoms with Gasteiger partial charge >= 0.3 is 11.8 Å². The zero-order chi connectivity index (χ0) is 24.5. The van der Waals surface area contributed by atoms with Gasteiger partial charge in [-0.2, -0.15) is 0 Å². The van der Waals surface area contributed by atoms with Crippen LogP contribution >= 0.6 is 0 Å². The van der Waals surface area contributed by atoms with Gasteiger partial charge in [0.2, 0.25) is 5.75 Å². The van der Waals surface area contributed by atoms with Crippen LogP contribution in [-0.4, -0.2) is 59.7 Å². The van der Waals surface area contributed by atoms with Crippen LogP contribution in [0.15, 0.2) is 36.4 Å².